The van der Waals surface area contributed by atoms with Crippen molar-refractivity contribution >= 4 is 11.6 Å². The van der Waals surface area contributed by atoms with Crippen LogP contribution in [0, 0.1) is 6.92 Å². The Morgan fingerprint density at radius 2 is 2.00 bits per heavy atom. The monoisotopic (exact) mass is 381 g/mol. The number of methoxy groups -OCH3 is 1. The second-order valence-corrected chi connectivity index (χ2v) is 7.44. The smallest absolute Gasteiger partial charge is 0.258 e. The molecule has 0 bridgehead atoms. The summed E-state index contributed by atoms with van der Waals surface area (Å²) in [5, 5.41) is 0. The van der Waals surface area contributed by atoms with Gasteiger partial charge in [-0.2, -0.15) is 0 Å². The van der Waals surface area contributed by atoms with Crippen LogP contribution in [0.5, 0.6) is 11.5 Å². The number of amides is 1. The van der Waals surface area contributed by atoms with Crippen molar-refractivity contribution in [1.29, 1.82) is 0 Å². The maximum absolute atomic E-state index is 13.2. The number of rotatable bonds is 5. The van der Waals surface area contributed by atoms with Crippen LogP contribution in [0.3, 0.4) is 0 Å². The van der Waals surface area contributed by atoms with E-state index in [1.54, 1.807) is 7.11 Å². The van der Waals surface area contributed by atoms with Crippen LogP contribution in [-0.4, -0.2) is 38.9 Å². The summed E-state index contributed by atoms with van der Waals surface area (Å²) in [6.45, 7) is 4.17. The molecule has 0 saturated carbocycles. The molecule has 0 N–H and O–H groups in total. The highest BCUT2D eigenvalue weighted by Crippen LogP contribution is 2.39. The van der Waals surface area contributed by atoms with E-state index in [9.17, 15) is 4.79 Å². The van der Waals surface area contributed by atoms with Gasteiger partial charge in [-0.1, -0.05) is 6.07 Å². The van der Waals surface area contributed by atoms with Gasteiger partial charge in [-0.15, -0.1) is 0 Å². The van der Waals surface area contributed by atoms with Crippen molar-refractivity contribution in [2.24, 2.45) is 0 Å². The maximum Gasteiger partial charge on any atom is 0.258 e. The highest BCUT2D eigenvalue weighted by Gasteiger charge is 2.28. The molecular weight excluding hydrogens is 354 g/mol. The lowest BCUT2D eigenvalue weighted by Crippen LogP contribution is -2.36. The van der Waals surface area contributed by atoms with Crippen molar-refractivity contribution in [3.63, 3.8) is 0 Å². The number of aryl methyl sites for hydroxylation is 1. The van der Waals surface area contributed by atoms with Crippen molar-refractivity contribution in [2.45, 2.75) is 38.7 Å². The minimum atomic E-state index is -0.00414. The van der Waals surface area contributed by atoms with Crippen LogP contribution in [0.1, 0.15) is 40.7 Å². The minimum absolute atomic E-state index is 0.00414. The van der Waals surface area contributed by atoms with E-state index in [2.05, 4.69) is 13.0 Å². The van der Waals surface area contributed by atoms with Gasteiger partial charge in [-0.3, -0.25) is 4.79 Å². The largest absolute Gasteiger partial charge is 0.495 e. The second kappa shape index (κ2) is 8.23. The van der Waals surface area contributed by atoms with Crippen LogP contribution >= 0.6 is 0 Å². The SMILES string of the molecule is COc1ccc(C)c2c1N(C(=O)c1ccc(OCC3CCCO3)cc1)CCC2. The van der Waals surface area contributed by atoms with E-state index >= 15 is 0 Å². The number of carbonyl (C=O) groups excluding carboxylic acids is 1. The summed E-state index contributed by atoms with van der Waals surface area (Å²) in [6.07, 6.45) is 4.25. The zero-order valence-electron chi connectivity index (χ0n) is 16.6. The lowest BCUT2D eigenvalue weighted by atomic mass is 9.95. The zero-order valence-corrected chi connectivity index (χ0v) is 16.6. The lowest BCUT2D eigenvalue weighted by molar-refractivity contribution is 0.0679. The molecule has 5 nitrogen and oxygen atoms in total. The van der Waals surface area contributed by atoms with Gasteiger partial charge in [0.25, 0.3) is 5.91 Å². The fraction of sp³-hybridized carbons (Fsp3) is 0.435. The third kappa shape index (κ3) is 3.72. The number of nitrogens with zero attached hydrogens (tertiary/aromatic N) is 1. The van der Waals surface area contributed by atoms with E-state index in [1.165, 1.54) is 11.1 Å². The number of anilines is 1. The van der Waals surface area contributed by atoms with Gasteiger partial charge in [0.05, 0.1) is 18.9 Å². The van der Waals surface area contributed by atoms with Crippen molar-refractivity contribution in [1.82, 2.24) is 0 Å². The third-order valence-electron chi connectivity index (χ3n) is 5.58. The molecule has 2 heterocycles. The first-order valence-electron chi connectivity index (χ1n) is 10.00. The van der Waals surface area contributed by atoms with Gasteiger partial charge in [-0.05, 0) is 74.1 Å². The molecule has 0 aromatic heterocycles. The predicted molar refractivity (Wildman–Crippen MR) is 109 cm³/mol. The number of ether oxygens (including phenoxy) is 3. The van der Waals surface area contributed by atoms with Gasteiger partial charge >= 0.3 is 0 Å². The molecule has 2 aromatic carbocycles. The van der Waals surface area contributed by atoms with E-state index < -0.39 is 0 Å². The maximum atomic E-state index is 13.2. The molecule has 2 aliphatic heterocycles. The Morgan fingerprint density at radius 3 is 2.71 bits per heavy atom. The summed E-state index contributed by atoms with van der Waals surface area (Å²) >= 11 is 0. The highest BCUT2D eigenvalue weighted by atomic mass is 16.5. The summed E-state index contributed by atoms with van der Waals surface area (Å²) in [5.41, 5.74) is 3.97. The topological polar surface area (TPSA) is 48.0 Å². The Bertz CT molecular complexity index is 840. The molecule has 1 amide bonds. The van der Waals surface area contributed by atoms with Gasteiger partial charge in [0.2, 0.25) is 0 Å². The standard InChI is InChI=1S/C23H27NO4/c1-16-7-12-21(26-2)22-20(16)6-3-13-24(22)23(25)17-8-10-18(11-9-17)28-15-19-5-4-14-27-19/h7-12,19H,3-6,13-15H2,1-2H3. The predicted octanol–water partition coefficient (Wildman–Crippen LogP) is 4.15. The molecule has 28 heavy (non-hydrogen) atoms. The van der Waals surface area contributed by atoms with Gasteiger partial charge in [0.15, 0.2) is 0 Å². The van der Waals surface area contributed by atoms with Crippen molar-refractivity contribution in [3.05, 3.63) is 53.1 Å². The van der Waals surface area contributed by atoms with Gasteiger partial charge in [0.1, 0.15) is 18.1 Å². The van der Waals surface area contributed by atoms with Crippen LogP contribution < -0.4 is 14.4 Å². The normalized spacial score (nSPS) is 18.6. The number of carbonyl (C=O) groups is 1. The fourth-order valence-corrected chi connectivity index (χ4v) is 4.04. The number of hydrogen-bond acceptors (Lipinski definition) is 4. The molecule has 0 radical (unpaired) electrons. The molecule has 5 heteroatoms. The van der Waals surface area contributed by atoms with Crippen LogP contribution in [0.15, 0.2) is 36.4 Å². The molecule has 2 aromatic rings. The highest BCUT2D eigenvalue weighted by molar-refractivity contribution is 6.07. The van der Waals surface area contributed by atoms with Crippen LogP contribution in [0.2, 0.25) is 0 Å². The molecule has 1 unspecified atom stereocenters. The molecule has 1 fully saturated rings. The van der Waals surface area contributed by atoms with Crippen molar-refractivity contribution in [2.75, 3.05) is 31.8 Å². The molecular formula is C23H27NO4. The van der Waals surface area contributed by atoms with Crippen LogP contribution in [0.4, 0.5) is 5.69 Å². The summed E-state index contributed by atoms with van der Waals surface area (Å²) in [6, 6.07) is 11.4. The van der Waals surface area contributed by atoms with Gasteiger partial charge < -0.3 is 19.1 Å². The molecule has 2 aliphatic rings. The molecule has 0 aliphatic carbocycles. The van der Waals surface area contributed by atoms with E-state index in [-0.39, 0.29) is 12.0 Å². The summed E-state index contributed by atoms with van der Waals surface area (Å²) in [7, 11) is 1.66. The Morgan fingerprint density at radius 1 is 1.18 bits per heavy atom. The molecule has 148 valence electrons. The van der Waals surface area contributed by atoms with Gasteiger partial charge in [-0.25, -0.2) is 0 Å². The lowest BCUT2D eigenvalue weighted by Gasteiger charge is -2.32. The van der Waals surface area contributed by atoms with E-state index in [4.69, 9.17) is 14.2 Å². The quantitative estimate of drug-likeness (QED) is 0.780. The van der Waals surface area contributed by atoms with E-state index in [1.807, 2.05) is 35.2 Å². The number of benzene rings is 2. The van der Waals surface area contributed by atoms with Crippen LogP contribution in [0.25, 0.3) is 0 Å². The summed E-state index contributed by atoms with van der Waals surface area (Å²) in [5.74, 6) is 1.51. The molecule has 1 saturated heterocycles. The number of hydrogen-bond donors (Lipinski definition) is 0. The first-order valence-corrected chi connectivity index (χ1v) is 10.00. The molecule has 4 rings (SSSR count). The second-order valence-electron chi connectivity index (χ2n) is 7.44. The third-order valence-corrected chi connectivity index (χ3v) is 5.58. The van der Waals surface area contributed by atoms with E-state index in [0.717, 1.165) is 49.5 Å². The van der Waals surface area contributed by atoms with E-state index in [0.29, 0.717) is 18.7 Å². The molecule has 0 spiro atoms. The van der Waals surface area contributed by atoms with Gasteiger partial charge in [0, 0.05) is 18.7 Å². The first-order chi connectivity index (χ1) is 13.7. The zero-order chi connectivity index (χ0) is 19.5. The average molecular weight is 381 g/mol. The van der Waals surface area contributed by atoms with Crippen molar-refractivity contribution in [3.8, 4) is 11.5 Å². The fourth-order valence-electron chi connectivity index (χ4n) is 4.04. The Hall–Kier alpha value is -2.53. The average Bonchev–Trinajstić information content (AvgIpc) is 3.26. The Kier molecular flexibility index (Phi) is 5.53. The Balaban J connectivity index is 1.51. The first kappa shape index (κ1) is 18.8. The number of fused-ring (bicyclic) bond motifs is 1. The minimum Gasteiger partial charge on any atom is -0.495 e. The summed E-state index contributed by atoms with van der Waals surface area (Å²) < 4.78 is 16.9. The molecule has 1 atom stereocenters. The van der Waals surface area contributed by atoms with Crippen molar-refractivity contribution < 1.29 is 19.0 Å². The summed E-state index contributed by atoms with van der Waals surface area (Å²) in [4.78, 5) is 15.1. The Labute approximate surface area is 166 Å². The van der Waals surface area contributed by atoms with Crippen LogP contribution in [-0.2, 0) is 11.2 Å².